The van der Waals surface area contributed by atoms with Gasteiger partial charge in [-0.2, -0.15) is 10.2 Å². The van der Waals surface area contributed by atoms with E-state index < -0.39 is 0 Å². The molecule has 134 valence electrons. The molecule has 3 aromatic rings. The number of nitrogens with zero attached hydrogens (tertiary/aromatic N) is 5. The summed E-state index contributed by atoms with van der Waals surface area (Å²) in [7, 11) is 0. The Labute approximate surface area is 156 Å². The predicted molar refractivity (Wildman–Crippen MR) is 97.6 cm³/mol. The van der Waals surface area contributed by atoms with Crippen LogP contribution in [0.3, 0.4) is 0 Å². The van der Waals surface area contributed by atoms with Crippen molar-refractivity contribution < 1.29 is 4.79 Å². The minimum absolute atomic E-state index is 0.0790. The quantitative estimate of drug-likeness (QED) is 0.765. The number of hydrogen-bond acceptors (Lipinski definition) is 4. The number of piperidine rings is 1. The van der Waals surface area contributed by atoms with Crippen molar-refractivity contribution in [2.75, 3.05) is 13.1 Å². The summed E-state index contributed by atoms with van der Waals surface area (Å²) in [5.74, 6) is 0.449. The maximum absolute atomic E-state index is 12.3. The summed E-state index contributed by atoms with van der Waals surface area (Å²) in [6.07, 6.45) is 4.82. The number of aromatic amines is 1. The number of hydrogen-bond donors (Lipinski definition) is 1. The number of benzene rings is 1. The Kier molecular flexibility index (Phi) is 4.71. The second-order valence-electron chi connectivity index (χ2n) is 6.44. The van der Waals surface area contributed by atoms with E-state index in [1.807, 2.05) is 29.2 Å². The molecule has 0 bridgehead atoms. The van der Waals surface area contributed by atoms with Crippen LogP contribution in [0.4, 0.5) is 0 Å². The van der Waals surface area contributed by atoms with Crippen molar-refractivity contribution in [1.82, 2.24) is 29.9 Å². The predicted octanol–water partition coefficient (Wildman–Crippen LogP) is 2.73. The van der Waals surface area contributed by atoms with E-state index in [-0.39, 0.29) is 12.5 Å². The fraction of sp³-hybridized carbons (Fsp3) is 0.333. The van der Waals surface area contributed by atoms with E-state index in [1.165, 1.54) is 6.33 Å². The van der Waals surface area contributed by atoms with Gasteiger partial charge in [-0.05, 0) is 25.0 Å². The molecule has 0 aliphatic carbocycles. The summed E-state index contributed by atoms with van der Waals surface area (Å²) >= 11 is 6.26. The van der Waals surface area contributed by atoms with Gasteiger partial charge in [0.25, 0.3) is 0 Å². The van der Waals surface area contributed by atoms with Crippen molar-refractivity contribution >= 4 is 17.5 Å². The number of carbonyl (C=O) groups excluding carboxylic acids is 1. The van der Waals surface area contributed by atoms with E-state index in [0.717, 1.165) is 42.9 Å². The van der Waals surface area contributed by atoms with E-state index in [0.29, 0.717) is 10.9 Å². The van der Waals surface area contributed by atoms with Gasteiger partial charge in [-0.3, -0.25) is 9.89 Å². The molecule has 1 amide bonds. The topological polar surface area (TPSA) is 79.7 Å². The Morgan fingerprint density at radius 3 is 2.81 bits per heavy atom. The first-order chi connectivity index (χ1) is 12.7. The highest BCUT2D eigenvalue weighted by Crippen LogP contribution is 2.31. The molecule has 8 heteroatoms. The Morgan fingerprint density at radius 2 is 2.08 bits per heavy atom. The first kappa shape index (κ1) is 16.8. The molecular formula is C18H19ClN6O. The first-order valence-electron chi connectivity index (χ1n) is 8.61. The highest BCUT2D eigenvalue weighted by Gasteiger charge is 2.25. The Morgan fingerprint density at radius 1 is 1.27 bits per heavy atom. The molecule has 1 fully saturated rings. The van der Waals surface area contributed by atoms with Crippen LogP contribution in [0, 0.1) is 0 Å². The largest absolute Gasteiger partial charge is 0.341 e. The SMILES string of the molecule is O=C(Cn1cncn1)N1CCC(c2cc(-c3ccccc3Cl)n[nH]2)CC1. The molecule has 7 nitrogen and oxygen atoms in total. The molecule has 0 unspecified atom stereocenters. The van der Waals surface area contributed by atoms with Crippen LogP contribution in [0.15, 0.2) is 43.0 Å². The Balaban J connectivity index is 1.38. The monoisotopic (exact) mass is 370 g/mol. The molecule has 1 saturated heterocycles. The molecule has 1 N–H and O–H groups in total. The molecule has 1 aliphatic heterocycles. The third-order valence-electron chi connectivity index (χ3n) is 4.80. The maximum atomic E-state index is 12.3. The van der Waals surface area contributed by atoms with E-state index in [2.05, 4.69) is 26.3 Å². The lowest BCUT2D eigenvalue weighted by atomic mass is 9.93. The van der Waals surface area contributed by atoms with Gasteiger partial charge in [0.1, 0.15) is 19.2 Å². The fourth-order valence-corrected chi connectivity index (χ4v) is 3.58. The number of rotatable bonds is 4. The van der Waals surface area contributed by atoms with Gasteiger partial charge in [-0.1, -0.05) is 29.8 Å². The number of aromatic nitrogens is 5. The zero-order chi connectivity index (χ0) is 17.9. The number of nitrogens with one attached hydrogen (secondary N) is 1. The van der Waals surface area contributed by atoms with Gasteiger partial charge in [0.15, 0.2) is 0 Å². The highest BCUT2D eigenvalue weighted by molar-refractivity contribution is 6.33. The summed E-state index contributed by atoms with van der Waals surface area (Å²) in [6, 6.07) is 9.76. The molecule has 4 rings (SSSR count). The van der Waals surface area contributed by atoms with Crippen molar-refractivity contribution in [3.05, 3.63) is 53.7 Å². The van der Waals surface area contributed by atoms with Crippen LogP contribution in [0.5, 0.6) is 0 Å². The molecule has 3 heterocycles. The van der Waals surface area contributed by atoms with Crippen LogP contribution < -0.4 is 0 Å². The van der Waals surface area contributed by atoms with Gasteiger partial charge in [0.05, 0.1) is 10.7 Å². The van der Waals surface area contributed by atoms with Crippen molar-refractivity contribution in [1.29, 1.82) is 0 Å². The van der Waals surface area contributed by atoms with E-state index in [9.17, 15) is 4.79 Å². The number of H-pyrrole nitrogens is 1. The van der Waals surface area contributed by atoms with Crippen molar-refractivity contribution in [2.45, 2.75) is 25.3 Å². The number of carbonyl (C=O) groups is 1. The number of likely N-dealkylation sites (tertiary alicyclic amines) is 1. The molecular weight excluding hydrogens is 352 g/mol. The lowest BCUT2D eigenvalue weighted by molar-refractivity contribution is -0.133. The van der Waals surface area contributed by atoms with Gasteiger partial charge in [0.2, 0.25) is 5.91 Å². The summed E-state index contributed by atoms with van der Waals surface area (Å²) < 4.78 is 1.55. The van der Waals surface area contributed by atoms with Crippen LogP contribution in [0.1, 0.15) is 24.5 Å². The van der Waals surface area contributed by atoms with Crippen LogP contribution in [-0.4, -0.2) is 48.9 Å². The number of amides is 1. The number of halogens is 1. The van der Waals surface area contributed by atoms with Gasteiger partial charge < -0.3 is 4.90 Å². The summed E-state index contributed by atoms with van der Waals surface area (Å²) in [4.78, 5) is 18.1. The van der Waals surface area contributed by atoms with Gasteiger partial charge in [0, 0.05) is 30.3 Å². The molecule has 1 aliphatic rings. The molecule has 0 radical (unpaired) electrons. The molecule has 2 aromatic heterocycles. The highest BCUT2D eigenvalue weighted by atomic mass is 35.5. The lowest BCUT2D eigenvalue weighted by Gasteiger charge is -2.31. The van der Waals surface area contributed by atoms with E-state index >= 15 is 0 Å². The summed E-state index contributed by atoms with van der Waals surface area (Å²) in [6.45, 7) is 1.71. The van der Waals surface area contributed by atoms with Gasteiger partial charge in [-0.15, -0.1) is 0 Å². The molecule has 0 saturated carbocycles. The summed E-state index contributed by atoms with van der Waals surface area (Å²) in [5, 5.41) is 12.2. The Hall–Kier alpha value is -2.67. The molecule has 1 aromatic carbocycles. The van der Waals surface area contributed by atoms with Crippen LogP contribution in [-0.2, 0) is 11.3 Å². The zero-order valence-electron chi connectivity index (χ0n) is 14.2. The maximum Gasteiger partial charge on any atom is 0.244 e. The van der Waals surface area contributed by atoms with E-state index in [4.69, 9.17) is 11.6 Å². The van der Waals surface area contributed by atoms with Crippen LogP contribution in [0.25, 0.3) is 11.3 Å². The van der Waals surface area contributed by atoms with E-state index in [1.54, 1.807) is 11.0 Å². The smallest absolute Gasteiger partial charge is 0.244 e. The molecule has 26 heavy (non-hydrogen) atoms. The van der Waals surface area contributed by atoms with Gasteiger partial charge in [-0.25, -0.2) is 9.67 Å². The van der Waals surface area contributed by atoms with Crippen LogP contribution in [0.2, 0.25) is 5.02 Å². The second-order valence-corrected chi connectivity index (χ2v) is 6.84. The van der Waals surface area contributed by atoms with Crippen molar-refractivity contribution in [3.8, 4) is 11.3 Å². The Bertz CT molecular complexity index is 883. The fourth-order valence-electron chi connectivity index (χ4n) is 3.35. The average molecular weight is 371 g/mol. The average Bonchev–Trinajstić information content (AvgIpc) is 3.34. The van der Waals surface area contributed by atoms with Crippen molar-refractivity contribution in [3.63, 3.8) is 0 Å². The third kappa shape index (κ3) is 3.48. The second kappa shape index (κ2) is 7.29. The lowest BCUT2D eigenvalue weighted by Crippen LogP contribution is -2.39. The van der Waals surface area contributed by atoms with Crippen molar-refractivity contribution in [2.24, 2.45) is 0 Å². The third-order valence-corrected chi connectivity index (χ3v) is 5.13. The normalized spacial score (nSPS) is 15.3. The first-order valence-corrected chi connectivity index (χ1v) is 8.99. The summed E-state index contributed by atoms with van der Waals surface area (Å²) in [5.41, 5.74) is 2.88. The zero-order valence-corrected chi connectivity index (χ0v) is 14.9. The van der Waals surface area contributed by atoms with Crippen LogP contribution >= 0.6 is 11.6 Å². The molecule has 0 atom stereocenters. The molecule has 0 spiro atoms. The van der Waals surface area contributed by atoms with Gasteiger partial charge >= 0.3 is 0 Å². The minimum Gasteiger partial charge on any atom is -0.341 e. The minimum atomic E-state index is 0.0790. The standard InChI is InChI=1S/C18H19ClN6O/c19-15-4-2-1-3-14(15)17-9-16(22-23-17)13-5-7-24(8-6-13)18(26)10-25-12-20-11-21-25/h1-4,9,11-13H,5-8,10H2,(H,22,23).